The van der Waals surface area contributed by atoms with E-state index >= 15 is 0 Å². The molecular weight excluding hydrogens is 1150 g/mol. The van der Waals surface area contributed by atoms with Crippen LogP contribution in [0.4, 0.5) is 0 Å². The van der Waals surface area contributed by atoms with Crippen LogP contribution < -0.4 is 0 Å². The predicted molar refractivity (Wildman–Crippen MR) is 381 cm³/mol. The van der Waals surface area contributed by atoms with Gasteiger partial charge in [0.25, 0.3) is 0 Å². The van der Waals surface area contributed by atoms with Crippen molar-refractivity contribution in [3.05, 3.63) is 311 Å². The number of benzene rings is 10. The second-order valence-corrected chi connectivity index (χ2v) is 24.8. The van der Waals surface area contributed by atoms with E-state index in [1.165, 1.54) is 27.6 Å². The third-order valence-electron chi connectivity index (χ3n) is 19.1. The lowest BCUT2D eigenvalue weighted by molar-refractivity contribution is 0.961. The number of para-hydroxylation sites is 1. The molecule has 6 heterocycles. The van der Waals surface area contributed by atoms with E-state index in [4.69, 9.17) is 0 Å². The zero-order valence-electron chi connectivity index (χ0n) is 52.3. The summed E-state index contributed by atoms with van der Waals surface area (Å²) in [6.07, 6.45) is 12.8. The Morgan fingerprint density at radius 3 is 1.24 bits per heavy atom. The number of aromatic nitrogens is 6. The van der Waals surface area contributed by atoms with E-state index in [1.54, 1.807) is 37.2 Å². The first kappa shape index (κ1) is 56.7. The Morgan fingerprint density at radius 1 is 0.309 bits per heavy atom. The third kappa shape index (κ3) is 9.64. The van der Waals surface area contributed by atoms with Gasteiger partial charge in [0.05, 0.1) is 85.1 Å². The minimum absolute atomic E-state index is 0.568. The largest absolute Gasteiger partial charge is 0.309 e. The van der Waals surface area contributed by atoms with Crippen LogP contribution in [0.15, 0.2) is 250 Å². The van der Waals surface area contributed by atoms with Crippen LogP contribution in [0.1, 0.15) is 61.2 Å². The maximum Gasteiger partial charge on any atom is 0.0998 e. The average Bonchev–Trinajstić information content (AvgIpc) is 1.62. The fraction of sp³-hybridized carbons (Fsp3) is 0.0824. The molecule has 9 heteroatoms. The summed E-state index contributed by atoms with van der Waals surface area (Å²) >= 11 is 0. The van der Waals surface area contributed by atoms with Crippen LogP contribution in [0.25, 0.3) is 127 Å². The molecule has 0 aliphatic carbocycles. The van der Waals surface area contributed by atoms with Gasteiger partial charge in [-0.05, 0) is 240 Å². The summed E-state index contributed by atoms with van der Waals surface area (Å²) in [6, 6.07) is 83.2. The van der Waals surface area contributed by atoms with Crippen LogP contribution in [0, 0.1) is 61.7 Å². The van der Waals surface area contributed by atoms with Crippen molar-refractivity contribution in [2.45, 2.75) is 47.0 Å². The minimum atomic E-state index is 0.568. The summed E-state index contributed by atoms with van der Waals surface area (Å²) in [7, 11) is 0. The molecule has 0 radical (unpaired) electrons. The van der Waals surface area contributed by atoms with Crippen molar-refractivity contribution in [1.82, 2.24) is 28.7 Å². The number of pyridine rings is 3. The van der Waals surface area contributed by atoms with Gasteiger partial charge in [-0.15, -0.1) is 0 Å². The van der Waals surface area contributed by atoms with Gasteiger partial charge in [-0.3, -0.25) is 15.0 Å². The van der Waals surface area contributed by atoms with E-state index in [-0.39, 0.29) is 0 Å². The van der Waals surface area contributed by atoms with Crippen molar-refractivity contribution in [2.24, 2.45) is 0 Å². The number of rotatable bonds is 12. The molecule has 0 unspecified atom stereocenters. The summed E-state index contributed by atoms with van der Waals surface area (Å²) in [5, 5.41) is 39.3. The maximum atomic E-state index is 11.1. The monoisotopic (exact) mass is 1210 g/mol. The number of aryl methyl sites for hydroxylation is 6. The Kier molecular flexibility index (Phi) is 13.9. The summed E-state index contributed by atoms with van der Waals surface area (Å²) in [5.41, 5.74) is 27.8. The maximum absolute atomic E-state index is 11.1. The van der Waals surface area contributed by atoms with Gasteiger partial charge in [0.1, 0.15) is 0 Å². The molecule has 0 spiro atoms. The Hall–Kier alpha value is -12.5. The number of hydrogen-bond donors (Lipinski definition) is 0. The molecule has 0 N–H and O–H groups in total. The van der Waals surface area contributed by atoms with Gasteiger partial charge in [-0.2, -0.15) is 15.8 Å². The molecule has 6 aromatic heterocycles. The first-order valence-corrected chi connectivity index (χ1v) is 31.7. The SMILES string of the molecule is Cc1ccc2c3ccc(CCc4ccc5c6ccc(Cc7cc8c(cc7C)c7ccccc7n8-c7cc(C#N)c(-c8ccncc8)cc7C)cc6n(-c6cc(C#N)c(-c7ccncc7)cc6-c6ccccc6)c5c4)cc3n(-c3cc(C#N)c(-c4ccncc4)cc3C)c2c1. The highest BCUT2D eigenvalue weighted by Crippen LogP contribution is 2.43. The molecule has 0 amide bonds. The van der Waals surface area contributed by atoms with Crippen molar-refractivity contribution in [2.75, 3.05) is 0 Å². The van der Waals surface area contributed by atoms with Crippen molar-refractivity contribution in [3.63, 3.8) is 0 Å². The molecule has 16 aromatic rings. The molecule has 94 heavy (non-hydrogen) atoms. The second kappa shape index (κ2) is 23.1. The lowest BCUT2D eigenvalue weighted by Crippen LogP contribution is -2.02. The second-order valence-electron chi connectivity index (χ2n) is 24.8. The Morgan fingerprint density at radius 2 is 0.713 bits per heavy atom. The number of nitriles is 3. The number of fused-ring (bicyclic) bond motifs is 9. The summed E-state index contributed by atoms with van der Waals surface area (Å²) in [4.78, 5) is 12.8. The standard InChI is InChI=1S/C85H59N9/c1-52-14-20-68-69-21-17-56(41-81(69)93(80(68)36-52)79-46-65(50-87)73(39-55(79)4)61-26-32-90-33-27-61)15-16-57-18-22-70-71-23-19-58(43-83(71)94(82(70)42-57)84-47-66(51-88)74(62-28-34-91-35-29-62)48-75(84)59-10-6-5-7-11-59)40-63-44-85-76(37-53(63)2)67-12-8-9-13-77(67)92(85)78-45-64(49-86)72(38-54(78)3)60-24-30-89-31-25-60/h5-14,17-39,41-48H,15-16,40H2,1-4H3. The van der Waals surface area contributed by atoms with Gasteiger partial charge < -0.3 is 13.7 Å². The van der Waals surface area contributed by atoms with E-state index in [2.05, 4.69) is 232 Å². The predicted octanol–water partition coefficient (Wildman–Crippen LogP) is 20.1. The molecule has 0 saturated heterocycles. The van der Waals surface area contributed by atoms with Crippen molar-refractivity contribution in [1.29, 1.82) is 15.8 Å². The van der Waals surface area contributed by atoms with Crippen LogP contribution >= 0.6 is 0 Å². The Labute approximate surface area is 544 Å². The molecule has 10 aromatic carbocycles. The van der Waals surface area contributed by atoms with Gasteiger partial charge in [-0.25, -0.2) is 0 Å². The quantitative estimate of drug-likeness (QED) is 0.120. The van der Waals surface area contributed by atoms with Crippen molar-refractivity contribution >= 4 is 65.4 Å². The molecule has 0 saturated carbocycles. The molecule has 0 aliphatic heterocycles. The average molecular weight is 1210 g/mol. The molecule has 0 aliphatic rings. The van der Waals surface area contributed by atoms with Crippen LogP contribution in [0.3, 0.4) is 0 Å². The molecule has 0 bridgehead atoms. The Bertz CT molecular complexity index is 5890. The van der Waals surface area contributed by atoms with Gasteiger partial charge in [0, 0.05) is 80.6 Å². The molecule has 9 nitrogen and oxygen atoms in total. The van der Waals surface area contributed by atoms with Crippen LogP contribution in [-0.2, 0) is 19.3 Å². The molecule has 0 fully saturated rings. The van der Waals surface area contributed by atoms with Crippen LogP contribution in [0.2, 0.25) is 0 Å². The summed E-state index contributed by atoms with van der Waals surface area (Å²) < 4.78 is 7.09. The first-order valence-electron chi connectivity index (χ1n) is 31.7. The molecular formula is C85H59N9. The zero-order chi connectivity index (χ0) is 63.7. The van der Waals surface area contributed by atoms with Crippen molar-refractivity contribution < 1.29 is 0 Å². The zero-order valence-corrected chi connectivity index (χ0v) is 52.3. The molecule has 16 rings (SSSR count). The molecule has 0 atom stereocenters. The fourth-order valence-corrected chi connectivity index (χ4v) is 14.4. The van der Waals surface area contributed by atoms with Gasteiger partial charge >= 0.3 is 0 Å². The van der Waals surface area contributed by atoms with Crippen LogP contribution in [-0.4, -0.2) is 28.7 Å². The van der Waals surface area contributed by atoms with Crippen LogP contribution in [0.5, 0.6) is 0 Å². The summed E-state index contributed by atoms with van der Waals surface area (Å²) in [6.45, 7) is 8.62. The summed E-state index contributed by atoms with van der Waals surface area (Å²) in [5.74, 6) is 0. The smallest absolute Gasteiger partial charge is 0.0998 e. The van der Waals surface area contributed by atoms with Gasteiger partial charge in [0.15, 0.2) is 0 Å². The fourth-order valence-electron chi connectivity index (χ4n) is 14.4. The number of hydrogen-bond acceptors (Lipinski definition) is 6. The first-order chi connectivity index (χ1) is 46.1. The van der Waals surface area contributed by atoms with E-state index in [9.17, 15) is 15.8 Å². The van der Waals surface area contributed by atoms with E-state index < -0.39 is 0 Å². The van der Waals surface area contributed by atoms with E-state index in [0.29, 0.717) is 23.1 Å². The highest BCUT2D eigenvalue weighted by molar-refractivity contribution is 6.12. The minimum Gasteiger partial charge on any atom is -0.309 e. The Balaban J connectivity index is 0.837. The van der Waals surface area contributed by atoms with Crippen molar-refractivity contribution in [3.8, 4) is 79.8 Å². The lowest BCUT2D eigenvalue weighted by Gasteiger charge is -2.18. The number of nitrogens with zero attached hydrogens (tertiary/aromatic N) is 9. The van der Waals surface area contributed by atoms with E-state index in [0.717, 1.165) is 157 Å². The highest BCUT2D eigenvalue weighted by Gasteiger charge is 2.24. The lowest BCUT2D eigenvalue weighted by atomic mass is 9.93. The van der Waals surface area contributed by atoms with Gasteiger partial charge in [0.2, 0.25) is 0 Å². The topological polar surface area (TPSA) is 125 Å². The molecule has 444 valence electrons. The third-order valence-corrected chi connectivity index (χ3v) is 19.1. The normalized spacial score (nSPS) is 11.5. The van der Waals surface area contributed by atoms with Gasteiger partial charge in [-0.1, -0.05) is 97.1 Å². The van der Waals surface area contributed by atoms with E-state index in [1.807, 2.05) is 54.6 Å². The highest BCUT2D eigenvalue weighted by atomic mass is 15.0.